The van der Waals surface area contributed by atoms with Crippen molar-refractivity contribution in [3.05, 3.63) is 15.4 Å². The molecule has 0 bridgehead atoms. The van der Waals surface area contributed by atoms with Gasteiger partial charge in [-0.2, -0.15) is 4.31 Å². The van der Waals surface area contributed by atoms with Crippen molar-refractivity contribution in [2.75, 3.05) is 26.3 Å². The lowest BCUT2D eigenvalue weighted by molar-refractivity contribution is 0.00320. The van der Waals surface area contributed by atoms with E-state index in [1.807, 2.05) is 6.92 Å². The van der Waals surface area contributed by atoms with E-state index in [2.05, 4.69) is 15.9 Å². The van der Waals surface area contributed by atoms with Crippen molar-refractivity contribution in [3.63, 3.8) is 0 Å². The Morgan fingerprint density at radius 3 is 2.65 bits per heavy atom. The van der Waals surface area contributed by atoms with Crippen LogP contribution in [0.4, 0.5) is 0 Å². The highest BCUT2D eigenvalue weighted by Crippen LogP contribution is 2.33. The highest BCUT2D eigenvalue weighted by molar-refractivity contribution is 9.11. The van der Waals surface area contributed by atoms with Gasteiger partial charge in [-0.3, -0.25) is 0 Å². The third-order valence-corrected chi connectivity index (χ3v) is 7.76. The lowest BCUT2D eigenvalue weighted by atomic mass is 10.1. The fraction of sp³-hybridized carbons (Fsp3) is 0.667. The minimum absolute atomic E-state index is 0.00100. The summed E-state index contributed by atoms with van der Waals surface area (Å²) < 4.78 is 33.2. The maximum Gasteiger partial charge on any atom is 0.252 e. The van der Waals surface area contributed by atoms with Gasteiger partial charge in [0.05, 0.1) is 23.1 Å². The third-order valence-electron chi connectivity index (χ3n) is 3.27. The second-order valence-corrected chi connectivity index (χ2v) is 9.25. The van der Waals surface area contributed by atoms with Crippen molar-refractivity contribution in [3.8, 4) is 0 Å². The number of rotatable bonds is 5. The molecule has 2 rings (SSSR count). The van der Waals surface area contributed by atoms with E-state index in [4.69, 9.17) is 9.84 Å². The molecule has 0 aliphatic carbocycles. The Balaban J connectivity index is 2.02. The van der Waals surface area contributed by atoms with E-state index in [9.17, 15) is 8.42 Å². The maximum atomic E-state index is 12.5. The van der Waals surface area contributed by atoms with Gasteiger partial charge in [0.15, 0.2) is 0 Å². The molecule has 20 heavy (non-hydrogen) atoms. The lowest BCUT2D eigenvalue weighted by Crippen LogP contribution is -2.40. The van der Waals surface area contributed by atoms with Crippen LogP contribution in [-0.4, -0.2) is 50.2 Å². The first-order chi connectivity index (χ1) is 9.45. The summed E-state index contributed by atoms with van der Waals surface area (Å²) >= 11 is 4.61. The van der Waals surface area contributed by atoms with Gasteiger partial charge in [0.2, 0.25) is 0 Å². The number of nitrogens with zero attached hydrogens (tertiary/aromatic N) is 1. The van der Waals surface area contributed by atoms with Gasteiger partial charge in [-0.25, -0.2) is 8.42 Å². The zero-order valence-corrected chi connectivity index (χ0v) is 14.4. The van der Waals surface area contributed by atoms with E-state index < -0.39 is 10.0 Å². The molecular weight excluding hydrogens is 366 g/mol. The third kappa shape index (κ3) is 3.61. The van der Waals surface area contributed by atoms with Crippen LogP contribution in [0.3, 0.4) is 0 Å². The molecule has 1 saturated heterocycles. The Morgan fingerprint density at radius 2 is 2.15 bits per heavy atom. The quantitative estimate of drug-likeness (QED) is 0.843. The number of aliphatic hydroxyl groups is 1. The number of halogens is 1. The second-order valence-electron chi connectivity index (χ2n) is 4.72. The molecule has 114 valence electrons. The minimum Gasteiger partial charge on any atom is -0.394 e. The number of piperidine rings is 1. The predicted octanol–water partition coefficient (Wildman–Crippen LogP) is 1.98. The largest absolute Gasteiger partial charge is 0.394 e. The average molecular weight is 384 g/mol. The molecule has 1 aliphatic rings. The summed E-state index contributed by atoms with van der Waals surface area (Å²) in [5, 5.41) is 8.72. The molecule has 0 radical (unpaired) electrons. The first-order valence-corrected chi connectivity index (χ1v) is 9.48. The van der Waals surface area contributed by atoms with Crippen molar-refractivity contribution in [2.24, 2.45) is 0 Å². The SMILES string of the molecule is Cc1cc(S(=O)(=O)N2CCC(OCCO)CC2)sc1Br. The van der Waals surface area contributed by atoms with Gasteiger partial charge < -0.3 is 9.84 Å². The number of hydrogen-bond acceptors (Lipinski definition) is 5. The van der Waals surface area contributed by atoms with Gasteiger partial charge >= 0.3 is 0 Å². The van der Waals surface area contributed by atoms with E-state index in [1.165, 1.54) is 15.6 Å². The van der Waals surface area contributed by atoms with Gasteiger partial charge in [-0.1, -0.05) is 0 Å². The number of thiophene rings is 1. The van der Waals surface area contributed by atoms with Crippen LogP contribution in [0.5, 0.6) is 0 Å². The first kappa shape index (κ1) is 16.4. The van der Waals surface area contributed by atoms with E-state index >= 15 is 0 Å². The highest BCUT2D eigenvalue weighted by atomic mass is 79.9. The molecule has 2 heterocycles. The normalized spacial score (nSPS) is 18.6. The minimum atomic E-state index is -3.39. The number of hydrogen-bond donors (Lipinski definition) is 1. The zero-order valence-electron chi connectivity index (χ0n) is 11.2. The fourth-order valence-corrected chi connectivity index (χ4v) is 6.00. The van der Waals surface area contributed by atoms with Crippen molar-refractivity contribution in [1.29, 1.82) is 0 Å². The molecule has 1 fully saturated rings. The van der Waals surface area contributed by atoms with E-state index in [1.54, 1.807) is 6.07 Å². The highest BCUT2D eigenvalue weighted by Gasteiger charge is 2.31. The standard InChI is InChI=1S/C12H18BrNO4S2/c1-9-8-11(19-12(9)13)20(16,17)14-4-2-10(3-5-14)18-7-6-15/h8,10,15H,2-7H2,1H3. The molecule has 1 aliphatic heterocycles. The van der Waals surface area contributed by atoms with E-state index in [-0.39, 0.29) is 12.7 Å². The second kappa shape index (κ2) is 6.85. The van der Waals surface area contributed by atoms with Gasteiger partial charge in [-0.15, -0.1) is 11.3 Å². The fourth-order valence-electron chi connectivity index (χ4n) is 2.14. The number of aliphatic hydroxyl groups excluding tert-OH is 1. The Kier molecular flexibility index (Phi) is 5.61. The molecule has 0 atom stereocenters. The number of ether oxygens (including phenoxy) is 1. The Bertz CT molecular complexity index is 530. The molecule has 1 aromatic rings. The Hall–Kier alpha value is 0.01000. The summed E-state index contributed by atoms with van der Waals surface area (Å²) in [6, 6.07) is 1.71. The average Bonchev–Trinajstić information content (AvgIpc) is 2.77. The summed E-state index contributed by atoms with van der Waals surface area (Å²) in [4.78, 5) is 0. The van der Waals surface area contributed by atoms with Crippen molar-refractivity contribution in [2.45, 2.75) is 30.1 Å². The predicted molar refractivity (Wildman–Crippen MR) is 81.6 cm³/mol. The molecule has 0 unspecified atom stereocenters. The van der Waals surface area contributed by atoms with Gasteiger partial charge in [0.25, 0.3) is 10.0 Å². The van der Waals surface area contributed by atoms with Crippen LogP contribution < -0.4 is 0 Å². The zero-order chi connectivity index (χ0) is 14.8. The summed E-state index contributed by atoms with van der Waals surface area (Å²) in [6.07, 6.45) is 1.39. The molecule has 5 nitrogen and oxygen atoms in total. The maximum absolute atomic E-state index is 12.5. The van der Waals surface area contributed by atoms with Gasteiger partial charge in [-0.05, 0) is 47.3 Å². The molecule has 0 saturated carbocycles. The molecule has 0 amide bonds. The molecule has 0 spiro atoms. The summed E-state index contributed by atoms with van der Waals surface area (Å²) in [5.74, 6) is 0. The Morgan fingerprint density at radius 1 is 1.50 bits per heavy atom. The lowest BCUT2D eigenvalue weighted by Gasteiger charge is -2.30. The number of aryl methyl sites for hydroxylation is 1. The molecule has 1 aromatic heterocycles. The first-order valence-electron chi connectivity index (χ1n) is 6.43. The van der Waals surface area contributed by atoms with Crippen molar-refractivity contribution < 1.29 is 18.3 Å². The van der Waals surface area contributed by atoms with E-state index in [0.29, 0.717) is 36.7 Å². The smallest absolute Gasteiger partial charge is 0.252 e. The van der Waals surface area contributed by atoms with Crippen LogP contribution in [-0.2, 0) is 14.8 Å². The topological polar surface area (TPSA) is 66.8 Å². The number of sulfonamides is 1. The van der Waals surface area contributed by atoms with Crippen LogP contribution >= 0.6 is 27.3 Å². The Labute approximate surface area is 131 Å². The summed E-state index contributed by atoms with van der Waals surface area (Å²) in [6.45, 7) is 3.13. The molecule has 1 N–H and O–H groups in total. The van der Waals surface area contributed by atoms with Gasteiger partial charge in [0, 0.05) is 13.1 Å². The van der Waals surface area contributed by atoms with E-state index in [0.717, 1.165) is 9.35 Å². The van der Waals surface area contributed by atoms with Gasteiger partial charge in [0.1, 0.15) is 4.21 Å². The molecule has 0 aromatic carbocycles. The van der Waals surface area contributed by atoms with Crippen LogP contribution in [0.2, 0.25) is 0 Å². The molecule has 8 heteroatoms. The van der Waals surface area contributed by atoms with Crippen molar-refractivity contribution in [1.82, 2.24) is 4.31 Å². The van der Waals surface area contributed by atoms with Crippen LogP contribution in [0, 0.1) is 6.92 Å². The molecular formula is C12H18BrNO4S2. The van der Waals surface area contributed by atoms with Crippen molar-refractivity contribution >= 4 is 37.3 Å². The summed E-state index contributed by atoms with van der Waals surface area (Å²) in [5.41, 5.74) is 0.940. The van der Waals surface area contributed by atoms with Crippen LogP contribution in [0.25, 0.3) is 0 Å². The monoisotopic (exact) mass is 383 g/mol. The summed E-state index contributed by atoms with van der Waals surface area (Å²) in [7, 11) is -3.39. The van der Waals surface area contributed by atoms with Crippen LogP contribution in [0.15, 0.2) is 14.1 Å². The van der Waals surface area contributed by atoms with Crippen LogP contribution in [0.1, 0.15) is 18.4 Å².